The number of aliphatic hydroxyl groups is 1. The van der Waals surface area contributed by atoms with Crippen molar-refractivity contribution in [2.45, 2.75) is 201 Å². The predicted molar refractivity (Wildman–Crippen MR) is 279 cm³/mol. The van der Waals surface area contributed by atoms with Gasteiger partial charge in [0.05, 0.1) is 25.0 Å². The number of ketones is 1. The molecule has 3 heterocycles. The standard InChI is InChI=1S/C55H92N6O13/c1-17-34(7)48-52(68)59(15)46(32(3)4)51(67)56(12)42(31-72-16)50(66)60-28-20-23-40(60)49(65)58(14)47(33(5)6)53(69)61-29-21-24-41(61)55(71)74-39(18-2)22-19-25-43(62)37(10)54(70)73-38(11)35(8)26-27-36(9)44(63)30-45(64)57(48)13/h27,32-35,37-43,46-48,62H,17-26,28-31H2,1-16H3/b36-27+/t34-,35-,37+,38+,39+,40-,41-,42-,43+,46-,47-,48-/m0/s1. The van der Waals surface area contributed by atoms with E-state index >= 15 is 0 Å². The Kier molecular flexibility index (Phi) is 24.7. The first kappa shape index (κ1) is 63.4. The fourth-order valence-electron chi connectivity index (χ4n) is 10.5. The Hall–Kier alpha value is -4.91. The van der Waals surface area contributed by atoms with Crippen LogP contribution in [-0.4, -0.2) is 197 Å². The van der Waals surface area contributed by atoms with E-state index in [1.807, 2.05) is 41.5 Å². The van der Waals surface area contributed by atoms with Gasteiger partial charge in [-0.3, -0.25) is 38.4 Å². The van der Waals surface area contributed by atoms with Gasteiger partial charge in [-0.1, -0.05) is 67.9 Å². The number of likely N-dealkylation sites (N-methyl/N-ethyl adjacent to an activating group) is 4. The third-order valence-corrected chi connectivity index (χ3v) is 16.0. The Morgan fingerprint density at radius 3 is 1.74 bits per heavy atom. The number of rotatable bonds is 7. The molecule has 1 N–H and O–H groups in total. The van der Waals surface area contributed by atoms with E-state index in [1.165, 1.54) is 64.7 Å². The molecule has 0 aromatic heterocycles. The molecule has 2 fully saturated rings. The van der Waals surface area contributed by atoms with Crippen LogP contribution in [0.2, 0.25) is 0 Å². The van der Waals surface area contributed by atoms with Gasteiger partial charge in [0.15, 0.2) is 5.78 Å². The minimum absolute atomic E-state index is 0.202. The van der Waals surface area contributed by atoms with Gasteiger partial charge in [-0.25, -0.2) is 4.79 Å². The van der Waals surface area contributed by atoms with Crippen LogP contribution in [0.1, 0.15) is 147 Å². The molecule has 19 nitrogen and oxygen atoms in total. The summed E-state index contributed by atoms with van der Waals surface area (Å²) in [4.78, 5) is 136. The Morgan fingerprint density at radius 1 is 0.649 bits per heavy atom. The molecule has 0 aliphatic carbocycles. The lowest BCUT2D eigenvalue weighted by Gasteiger charge is -2.41. The average Bonchev–Trinajstić information content (AvgIpc) is 4.06. The summed E-state index contributed by atoms with van der Waals surface area (Å²) in [5, 5.41) is 11.0. The molecule has 0 saturated carbocycles. The van der Waals surface area contributed by atoms with Crippen LogP contribution in [0.4, 0.5) is 0 Å². The molecule has 0 unspecified atom stereocenters. The second kappa shape index (κ2) is 28.8. The highest BCUT2D eigenvalue weighted by atomic mass is 16.5. The Bertz CT molecular complexity index is 2010. The molecule has 0 radical (unpaired) electrons. The van der Waals surface area contributed by atoms with Crippen molar-refractivity contribution in [2.75, 3.05) is 55.0 Å². The number of hydrogen-bond acceptors (Lipinski definition) is 13. The van der Waals surface area contributed by atoms with Gasteiger partial charge in [-0.2, -0.15) is 0 Å². The van der Waals surface area contributed by atoms with Gasteiger partial charge < -0.3 is 48.7 Å². The second-order valence-corrected chi connectivity index (χ2v) is 22.0. The van der Waals surface area contributed by atoms with Gasteiger partial charge in [-0.05, 0) is 108 Å². The number of cyclic esters (lactones) is 2. The summed E-state index contributed by atoms with van der Waals surface area (Å²) in [6.07, 6.45) is 3.15. The number of amides is 6. The fourth-order valence-corrected chi connectivity index (χ4v) is 10.5. The van der Waals surface area contributed by atoms with Gasteiger partial charge >= 0.3 is 11.9 Å². The first-order valence-corrected chi connectivity index (χ1v) is 27.1. The number of allylic oxidation sites excluding steroid dienone is 2. The normalized spacial score (nSPS) is 31.8. The lowest BCUT2D eigenvalue weighted by molar-refractivity contribution is -0.162. The molecule has 0 spiro atoms. The number of methoxy groups -OCH3 is 1. The molecule has 3 aliphatic rings. The number of hydrogen-bond donors (Lipinski definition) is 1. The number of nitrogens with zero attached hydrogens (tertiary/aromatic N) is 6. The fraction of sp³-hybridized carbons (Fsp3) is 0.800. The minimum Gasteiger partial charge on any atom is -0.462 e. The third kappa shape index (κ3) is 15.6. The maximum absolute atomic E-state index is 14.8. The molecule has 3 rings (SSSR count). The summed E-state index contributed by atoms with van der Waals surface area (Å²) in [7, 11) is 7.35. The molecule has 420 valence electrons. The van der Waals surface area contributed by atoms with E-state index in [2.05, 4.69) is 0 Å². The molecular formula is C55H92N6O13. The number of esters is 2. The van der Waals surface area contributed by atoms with Crippen LogP contribution in [0.5, 0.6) is 0 Å². The topological polar surface area (TPSA) is 221 Å². The lowest BCUT2D eigenvalue weighted by atomic mass is 9.93. The molecular weight excluding hydrogens is 953 g/mol. The summed E-state index contributed by atoms with van der Waals surface area (Å²) >= 11 is 0. The van der Waals surface area contributed by atoms with Crippen molar-refractivity contribution >= 4 is 53.2 Å². The van der Waals surface area contributed by atoms with E-state index in [4.69, 9.17) is 14.2 Å². The number of aliphatic hydroxyl groups excluding tert-OH is 1. The maximum atomic E-state index is 14.8. The summed E-state index contributed by atoms with van der Waals surface area (Å²) in [6.45, 7) is 19.8. The van der Waals surface area contributed by atoms with E-state index < -0.39 is 126 Å². The quantitative estimate of drug-likeness (QED) is 0.272. The number of carbonyl (C=O) groups is 9. The van der Waals surface area contributed by atoms with Crippen molar-refractivity contribution in [3.05, 3.63) is 11.6 Å². The summed E-state index contributed by atoms with van der Waals surface area (Å²) < 4.78 is 17.3. The highest BCUT2D eigenvalue weighted by Crippen LogP contribution is 2.29. The van der Waals surface area contributed by atoms with Crippen LogP contribution in [-0.2, 0) is 57.4 Å². The number of ether oxygens (including phenoxy) is 3. The third-order valence-electron chi connectivity index (χ3n) is 16.0. The number of fused-ring (bicyclic) bond motifs is 2. The van der Waals surface area contributed by atoms with E-state index in [0.29, 0.717) is 63.4 Å². The van der Waals surface area contributed by atoms with E-state index in [9.17, 15) is 48.3 Å². The molecule has 19 heteroatoms. The van der Waals surface area contributed by atoms with Crippen molar-refractivity contribution in [1.29, 1.82) is 0 Å². The highest BCUT2D eigenvalue weighted by molar-refractivity contribution is 6.07. The number of Topliss-reactive ketones (excluding diaryl/α,β-unsaturated/α-hetero) is 1. The van der Waals surface area contributed by atoms with Crippen LogP contribution in [0.3, 0.4) is 0 Å². The monoisotopic (exact) mass is 1040 g/mol. The predicted octanol–water partition coefficient (Wildman–Crippen LogP) is 4.65. The van der Waals surface area contributed by atoms with E-state index in [-0.39, 0.29) is 43.9 Å². The van der Waals surface area contributed by atoms with Crippen molar-refractivity contribution in [1.82, 2.24) is 29.4 Å². The smallest absolute Gasteiger partial charge is 0.329 e. The Balaban J connectivity index is 2.07. The molecule has 3 aliphatic heterocycles. The van der Waals surface area contributed by atoms with Crippen molar-refractivity contribution in [3.63, 3.8) is 0 Å². The van der Waals surface area contributed by atoms with Crippen molar-refractivity contribution in [3.8, 4) is 0 Å². The summed E-state index contributed by atoms with van der Waals surface area (Å²) in [6, 6.07) is -6.20. The minimum atomic E-state index is -1.21. The number of carbonyl (C=O) groups excluding carboxylic acids is 9. The molecule has 0 bridgehead atoms. The SMILES string of the molecule is CC[C@@H]1CCC[C@@H](O)[C@@H](C)C(=O)O[C@H](C)[C@@H](C)C/C=C(\C)C(=O)CC(=O)N(C)[C@@H]([C@@H](C)CC)C(=O)N(C)[C@@H](C(C)C)C(=O)N(C)[C@@H](COC)C(=O)N2CCC[C@H]2C(=O)N(C)[C@@H](C(C)C)C(=O)N2CCC[C@H]2C(=O)O1. The second-order valence-electron chi connectivity index (χ2n) is 22.0. The molecule has 6 amide bonds. The molecule has 12 atom stereocenters. The van der Waals surface area contributed by atoms with E-state index in [1.54, 1.807) is 40.7 Å². The van der Waals surface area contributed by atoms with Crippen molar-refractivity contribution < 1.29 is 62.5 Å². The van der Waals surface area contributed by atoms with Crippen LogP contribution in [0.25, 0.3) is 0 Å². The Labute approximate surface area is 441 Å². The zero-order valence-corrected chi connectivity index (χ0v) is 47.6. The van der Waals surface area contributed by atoms with Gasteiger partial charge in [0.2, 0.25) is 35.4 Å². The average molecular weight is 1050 g/mol. The van der Waals surface area contributed by atoms with Gasteiger partial charge in [-0.15, -0.1) is 0 Å². The zero-order chi connectivity index (χ0) is 56.0. The van der Waals surface area contributed by atoms with Crippen LogP contribution < -0.4 is 0 Å². The van der Waals surface area contributed by atoms with Gasteiger partial charge in [0, 0.05) is 48.4 Å². The molecule has 0 aromatic rings. The van der Waals surface area contributed by atoms with Crippen LogP contribution >= 0.6 is 0 Å². The molecule has 74 heavy (non-hydrogen) atoms. The van der Waals surface area contributed by atoms with Crippen LogP contribution in [0, 0.1) is 29.6 Å². The Morgan fingerprint density at radius 2 is 1.19 bits per heavy atom. The van der Waals surface area contributed by atoms with Crippen molar-refractivity contribution in [2.24, 2.45) is 29.6 Å². The maximum Gasteiger partial charge on any atom is 0.329 e. The van der Waals surface area contributed by atoms with Gasteiger partial charge in [0.1, 0.15) is 48.5 Å². The molecule has 0 aromatic carbocycles. The zero-order valence-electron chi connectivity index (χ0n) is 47.6. The first-order chi connectivity index (χ1) is 34.7. The van der Waals surface area contributed by atoms with Crippen LogP contribution in [0.15, 0.2) is 11.6 Å². The largest absolute Gasteiger partial charge is 0.462 e. The first-order valence-electron chi connectivity index (χ1n) is 27.1. The summed E-state index contributed by atoms with van der Waals surface area (Å²) in [5.41, 5.74) is 0.326. The lowest BCUT2D eigenvalue weighted by Crippen LogP contribution is -2.62. The highest BCUT2D eigenvalue weighted by Gasteiger charge is 2.47. The summed E-state index contributed by atoms with van der Waals surface area (Å²) in [5.74, 6) is -7.01. The van der Waals surface area contributed by atoms with Gasteiger partial charge in [0.25, 0.3) is 0 Å². The molecule has 2 saturated heterocycles. The van der Waals surface area contributed by atoms with E-state index in [0.717, 1.165) is 0 Å².